The molecule has 12 heavy (non-hydrogen) atoms. The van der Waals surface area contributed by atoms with Crippen LogP contribution in [-0.2, 0) is 4.74 Å². The third kappa shape index (κ3) is 3.52. The molecule has 1 heterocycles. The molecule has 0 aliphatic carbocycles. The zero-order chi connectivity index (χ0) is 8.81. The van der Waals surface area contributed by atoms with Gasteiger partial charge in [-0.25, -0.2) is 0 Å². The predicted octanol–water partition coefficient (Wildman–Crippen LogP) is 0.480. The maximum atomic E-state index is 9.47. The molecule has 0 saturated carbocycles. The van der Waals surface area contributed by atoms with Gasteiger partial charge in [-0.05, 0) is 32.9 Å². The molecule has 1 N–H and O–H groups in total. The number of aliphatic hydroxyl groups excluding tert-OH is 1. The largest absolute Gasteiger partial charge is 0.389 e. The van der Waals surface area contributed by atoms with Gasteiger partial charge in [-0.2, -0.15) is 0 Å². The number of likely N-dealkylation sites (tertiary alicyclic amines) is 1. The van der Waals surface area contributed by atoms with Crippen LogP contribution in [0.3, 0.4) is 0 Å². The molecule has 0 amide bonds. The minimum absolute atomic E-state index is 0.303. The number of ether oxygens (including phenoxy) is 1. The summed E-state index contributed by atoms with van der Waals surface area (Å²) < 4.78 is 5.13. The molecular weight excluding hydrogens is 154 g/mol. The van der Waals surface area contributed by atoms with Gasteiger partial charge in [-0.3, -0.25) is 0 Å². The number of nitrogens with zero attached hydrogens (tertiary/aromatic N) is 1. The zero-order valence-corrected chi connectivity index (χ0v) is 7.83. The van der Waals surface area contributed by atoms with E-state index in [1.54, 1.807) is 0 Å². The molecule has 0 aromatic rings. The standard InChI is InChI=1S/C9H19NO2/c1-2-12-8-9(11)7-10-5-3-4-6-10/h9,11H,2-8H2,1H3/t9-/m0/s1. The van der Waals surface area contributed by atoms with E-state index in [1.165, 1.54) is 12.8 Å². The average Bonchev–Trinajstić information content (AvgIpc) is 2.53. The van der Waals surface area contributed by atoms with Gasteiger partial charge in [0.05, 0.1) is 12.7 Å². The Morgan fingerprint density at radius 2 is 2.08 bits per heavy atom. The summed E-state index contributed by atoms with van der Waals surface area (Å²) in [6.45, 7) is 6.18. The average molecular weight is 173 g/mol. The monoisotopic (exact) mass is 173 g/mol. The predicted molar refractivity (Wildman–Crippen MR) is 48.2 cm³/mol. The molecule has 72 valence electrons. The first-order chi connectivity index (χ1) is 5.83. The van der Waals surface area contributed by atoms with Crippen molar-refractivity contribution in [1.82, 2.24) is 4.90 Å². The van der Waals surface area contributed by atoms with Gasteiger partial charge >= 0.3 is 0 Å². The first-order valence-electron chi connectivity index (χ1n) is 4.81. The molecule has 0 aromatic heterocycles. The van der Waals surface area contributed by atoms with Crippen molar-refractivity contribution in [2.45, 2.75) is 25.9 Å². The van der Waals surface area contributed by atoms with Crippen LogP contribution in [0, 0.1) is 0 Å². The number of hydrogen-bond acceptors (Lipinski definition) is 3. The normalized spacial score (nSPS) is 21.5. The van der Waals surface area contributed by atoms with Crippen LogP contribution in [0.25, 0.3) is 0 Å². The van der Waals surface area contributed by atoms with E-state index in [0.29, 0.717) is 13.2 Å². The highest BCUT2D eigenvalue weighted by molar-refractivity contribution is 4.69. The van der Waals surface area contributed by atoms with Crippen molar-refractivity contribution in [2.75, 3.05) is 32.8 Å². The van der Waals surface area contributed by atoms with Crippen LogP contribution in [0.1, 0.15) is 19.8 Å². The van der Waals surface area contributed by atoms with E-state index < -0.39 is 0 Å². The summed E-state index contributed by atoms with van der Waals surface area (Å²) in [6, 6.07) is 0. The fourth-order valence-corrected chi connectivity index (χ4v) is 1.57. The van der Waals surface area contributed by atoms with Crippen molar-refractivity contribution in [2.24, 2.45) is 0 Å². The molecule has 0 unspecified atom stereocenters. The molecule has 0 aromatic carbocycles. The van der Waals surface area contributed by atoms with Crippen LogP contribution in [0.4, 0.5) is 0 Å². The van der Waals surface area contributed by atoms with E-state index in [2.05, 4.69) is 4.90 Å². The molecule has 1 saturated heterocycles. The molecular formula is C9H19NO2. The number of β-amino-alcohol motifs (C(OH)–C–C–N with tert-alkyl or cyclic N) is 1. The SMILES string of the molecule is CCOC[C@@H](O)CN1CCCC1. The Morgan fingerprint density at radius 1 is 1.42 bits per heavy atom. The minimum atomic E-state index is -0.303. The van der Waals surface area contributed by atoms with Gasteiger partial charge in [0.25, 0.3) is 0 Å². The maximum Gasteiger partial charge on any atom is 0.0900 e. The Hall–Kier alpha value is -0.120. The third-order valence-electron chi connectivity index (χ3n) is 2.18. The van der Waals surface area contributed by atoms with Gasteiger partial charge in [0, 0.05) is 13.2 Å². The molecule has 1 fully saturated rings. The Balaban J connectivity index is 2.03. The lowest BCUT2D eigenvalue weighted by atomic mass is 10.3. The zero-order valence-electron chi connectivity index (χ0n) is 7.83. The van der Waals surface area contributed by atoms with Crippen LogP contribution in [0.5, 0.6) is 0 Å². The lowest BCUT2D eigenvalue weighted by molar-refractivity contribution is 0.0252. The van der Waals surface area contributed by atoms with Crippen molar-refractivity contribution >= 4 is 0 Å². The summed E-state index contributed by atoms with van der Waals surface area (Å²) in [4.78, 5) is 2.30. The highest BCUT2D eigenvalue weighted by Crippen LogP contribution is 2.07. The van der Waals surface area contributed by atoms with Gasteiger partial charge < -0.3 is 14.7 Å². The summed E-state index contributed by atoms with van der Waals surface area (Å²) in [6.07, 6.45) is 2.26. The molecule has 3 heteroatoms. The second-order valence-electron chi connectivity index (χ2n) is 3.32. The van der Waals surface area contributed by atoms with Crippen LogP contribution in [0.15, 0.2) is 0 Å². The van der Waals surface area contributed by atoms with Crippen LogP contribution in [-0.4, -0.2) is 49.0 Å². The van der Waals surface area contributed by atoms with Gasteiger partial charge in [0.15, 0.2) is 0 Å². The van der Waals surface area contributed by atoms with Crippen LogP contribution >= 0.6 is 0 Å². The van der Waals surface area contributed by atoms with E-state index in [-0.39, 0.29) is 6.10 Å². The quantitative estimate of drug-likeness (QED) is 0.656. The second-order valence-corrected chi connectivity index (χ2v) is 3.32. The summed E-state index contributed by atoms with van der Waals surface area (Å²) in [5.41, 5.74) is 0. The smallest absolute Gasteiger partial charge is 0.0900 e. The minimum Gasteiger partial charge on any atom is -0.389 e. The summed E-state index contributed by atoms with van der Waals surface area (Å²) in [5, 5.41) is 9.47. The molecule has 0 bridgehead atoms. The third-order valence-corrected chi connectivity index (χ3v) is 2.18. The first kappa shape index (κ1) is 9.96. The lowest BCUT2D eigenvalue weighted by Gasteiger charge is -2.18. The molecule has 1 rings (SSSR count). The number of aliphatic hydroxyl groups is 1. The Morgan fingerprint density at radius 3 is 2.67 bits per heavy atom. The van der Waals surface area contributed by atoms with E-state index in [1.807, 2.05) is 6.92 Å². The fraction of sp³-hybridized carbons (Fsp3) is 1.00. The van der Waals surface area contributed by atoms with E-state index in [0.717, 1.165) is 19.6 Å². The van der Waals surface area contributed by atoms with Gasteiger partial charge in [0.1, 0.15) is 0 Å². The van der Waals surface area contributed by atoms with Crippen molar-refractivity contribution in [3.05, 3.63) is 0 Å². The molecule has 3 nitrogen and oxygen atoms in total. The van der Waals surface area contributed by atoms with E-state index in [4.69, 9.17) is 4.74 Å². The van der Waals surface area contributed by atoms with Crippen molar-refractivity contribution in [3.63, 3.8) is 0 Å². The molecule has 1 aliphatic heterocycles. The summed E-state index contributed by atoms with van der Waals surface area (Å²) in [7, 11) is 0. The molecule has 1 atom stereocenters. The van der Waals surface area contributed by atoms with Crippen LogP contribution < -0.4 is 0 Å². The van der Waals surface area contributed by atoms with Gasteiger partial charge in [-0.15, -0.1) is 0 Å². The van der Waals surface area contributed by atoms with Crippen molar-refractivity contribution in [1.29, 1.82) is 0 Å². The number of hydrogen-bond donors (Lipinski definition) is 1. The summed E-state index contributed by atoms with van der Waals surface area (Å²) >= 11 is 0. The lowest BCUT2D eigenvalue weighted by Crippen LogP contribution is -2.32. The van der Waals surface area contributed by atoms with Crippen molar-refractivity contribution in [3.8, 4) is 0 Å². The molecule has 0 radical (unpaired) electrons. The molecule has 0 spiro atoms. The Bertz CT molecular complexity index is 113. The second kappa shape index (κ2) is 5.51. The van der Waals surface area contributed by atoms with E-state index >= 15 is 0 Å². The molecule has 1 aliphatic rings. The highest BCUT2D eigenvalue weighted by Gasteiger charge is 2.15. The Kier molecular flexibility index (Phi) is 4.58. The van der Waals surface area contributed by atoms with Crippen LogP contribution in [0.2, 0.25) is 0 Å². The first-order valence-corrected chi connectivity index (χ1v) is 4.81. The topological polar surface area (TPSA) is 32.7 Å². The summed E-state index contributed by atoms with van der Waals surface area (Å²) in [5.74, 6) is 0. The highest BCUT2D eigenvalue weighted by atomic mass is 16.5. The number of rotatable bonds is 5. The maximum absolute atomic E-state index is 9.47. The van der Waals surface area contributed by atoms with Gasteiger partial charge in [-0.1, -0.05) is 0 Å². The fourth-order valence-electron chi connectivity index (χ4n) is 1.57. The van der Waals surface area contributed by atoms with Gasteiger partial charge in [0.2, 0.25) is 0 Å². The van der Waals surface area contributed by atoms with E-state index in [9.17, 15) is 5.11 Å². The Labute approximate surface area is 74.3 Å². The van der Waals surface area contributed by atoms with Crippen molar-refractivity contribution < 1.29 is 9.84 Å².